The lowest BCUT2D eigenvalue weighted by molar-refractivity contribution is -0.139. The van der Waals surface area contributed by atoms with E-state index in [2.05, 4.69) is 20.3 Å². The molecule has 10 nitrogen and oxygen atoms in total. The van der Waals surface area contributed by atoms with E-state index < -0.39 is 49.9 Å². The normalized spacial score (nSPS) is 29.2. The van der Waals surface area contributed by atoms with Crippen LogP contribution in [0.4, 0.5) is 33.6 Å². The quantitative estimate of drug-likeness (QED) is 0.461. The second-order valence-electron chi connectivity index (χ2n) is 13.0. The van der Waals surface area contributed by atoms with E-state index >= 15 is 0 Å². The molecule has 4 atom stereocenters. The van der Waals surface area contributed by atoms with Crippen LogP contribution in [0.25, 0.3) is 0 Å². The van der Waals surface area contributed by atoms with Crippen molar-refractivity contribution in [3.8, 4) is 6.01 Å². The summed E-state index contributed by atoms with van der Waals surface area (Å²) in [6, 6.07) is 1.39. The van der Waals surface area contributed by atoms with Crippen molar-refractivity contribution in [1.29, 1.82) is 0 Å². The summed E-state index contributed by atoms with van der Waals surface area (Å²) >= 11 is 0. The summed E-state index contributed by atoms with van der Waals surface area (Å²) < 4.78 is 103. The SMILES string of the molecule is Cc1cc(N)nc([C@H]2Cc3nc(OC[C@@]45CCCN4CC(=C(F)F)C5)nc(N4CC5CCC(C4)N5)c3CS2(=O)=O)c1C(F)(F)F. The van der Waals surface area contributed by atoms with E-state index in [-0.39, 0.29) is 66.7 Å². The molecule has 3 N–H and O–H groups in total. The summed E-state index contributed by atoms with van der Waals surface area (Å²) in [5.74, 6) is -0.405. The zero-order valence-corrected chi connectivity index (χ0v) is 25.4. The van der Waals surface area contributed by atoms with Crippen LogP contribution in [0.3, 0.4) is 0 Å². The summed E-state index contributed by atoms with van der Waals surface area (Å²) in [6.45, 7) is 3.23. The minimum Gasteiger partial charge on any atom is -0.461 e. The van der Waals surface area contributed by atoms with Gasteiger partial charge in [-0.25, -0.2) is 13.4 Å². The zero-order chi connectivity index (χ0) is 31.9. The minimum atomic E-state index is -4.86. The van der Waals surface area contributed by atoms with E-state index in [1.54, 1.807) is 0 Å². The molecule has 2 aromatic heterocycles. The number of alkyl halides is 3. The predicted molar refractivity (Wildman–Crippen MR) is 155 cm³/mol. The highest BCUT2D eigenvalue weighted by atomic mass is 32.2. The van der Waals surface area contributed by atoms with E-state index in [9.17, 15) is 30.4 Å². The zero-order valence-electron chi connectivity index (χ0n) is 24.6. The number of anilines is 2. The third-order valence-electron chi connectivity index (χ3n) is 9.98. The molecule has 5 aliphatic heterocycles. The Labute approximate surface area is 257 Å². The van der Waals surface area contributed by atoms with Crippen LogP contribution in [0.2, 0.25) is 0 Å². The number of nitrogen functional groups attached to an aromatic ring is 1. The number of aryl methyl sites for hydroxylation is 1. The number of rotatable bonds is 5. The number of sulfone groups is 1. The van der Waals surface area contributed by atoms with E-state index in [0.717, 1.165) is 25.3 Å². The molecule has 45 heavy (non-hydrogen) atoms. The number of aromatic nitrogens is 3. The molecule has 0 amide bonds. The van der Waals surface area contributed by atoms with Gasteiger partial charge in [0, 0.05) is 49.3 Å². The number of pyridine rings is 1. The predicted octanol–water partition coefficient (Wildman–Crippen LogP) is 3.70. The van der Waals surface area contributed by atoms with Crippen LogP contribution in [-0.2, 0) is 28.2 Å². The Morgan fingerprint density at radius 1 is 1.18 bits per heavy atom. The molecule has 0 radical (unpaired) electrons. The van der Waals surface area contributed by atoms with Crippen molar-refractivity contribution in [2.24, 2.45) is 0 Å². The van der Waals surface area contributed by atoms with Crippen LogP contribution in [-0.4, -0.2) is 78.7 Å². The lowest BCUT2D eigenvalue weighted by Crippen LogP contribution is -2.52. The van der Waals surface area contributed by atoms with Gasteiger partial charge in [0.1, 0.15) is 23.5 Å². The van der Waals surface area contributed by atoms with Crippen molar-refractivity contribution in [3.63, 3.8) is 0 Å². The van der Waals surface area contributed by atoms with Crippen molar-refractivity contribution in [1.82, 2.24) is 25.2 Å². The molecule has 7 heterocycles. The van der Waals surface area contributed by atoms with Crippen LogP contribution in [0.1, 0.15) is 65.4 Å². The molecule has 0 spiro atoms. The van der Waals surface area contributed by atoms with Gasteiger partial charge in [0.25, 0.3) is 6.08 Å². The fourth-order valence-electron chi connectivity index (χ4n) is 7.97. The van der Waals surface area contributed by atoms with E-state index in [0.29, 0.717) is 37.4 Å². The van der Waals surface area contributed by atoms with Crippen LogP contribution in [0, 0.1) is 6.92 Å². The Kier molecular flexibility index (Phi) is 7.28. The van der Waals surface area contributed by atoms with Crippen LogP contribution >= 0.6 is 0 Å². The molecule has 4 saturated heterocycles. The van der Waals surface area contributed by atoms with Gasteiger partial charge in [-0.1, -0.05) is 0 Å². The fourth-order valence-corrected chi connectivity index (χ4v) is 9.79. The average molecular weight is 656 g/mol. The Morgan fingerprint density at radius 3 is 2.60 bits per heavy atom. The van der Waals surface area contributed by atoms with Crippen molar-refractivity contribution >= 4 is 21.5 Å². The van der Waals surface area contributed by atoms with Crippen molar-refractivity contribution in [3.05, 3.63) is 45.8 Å². The van der Waals surface area contributed by atoms with E-state index in [4.69, 9.17) is 10.5 Å². The Bertz CT molecular complexity index is 1670. The van der Waals surface area contributed by atoms with Gasteiger partial charge >= 0.3 is 12.2 Å². The van der Waals surface area contributed by atoms with Gasteiger partial charge in [-0.05, 0) is 57.2 Å². The number of fused-ring (bicyclic) bond motifs is 4. The first-order chi connectivity index (χ1) is 21.2. The number of nitrogens with two attached hydrogens (primary N) is 1. The summed E-state index contributed by atoms with van der Waals surface area (Å²) in [4.78, 5) is 17.2. The number of nitrogens with one attached hydrogen (secondary N) is 1. The number of halogens is 5. The molecule has 0 aromatic carbocycles. The second kappa shape index (κ2) is 10.7. The molecule has 5 aliphatic rings. The average Bonchev–Trinajstić information content (AvgIpc) is 3.61. The third-order valence-corrected chi connectivity index (χ3v) is 11.9. The Hall–Kier alpha value is -3.11. The molecule has 0 saturated carbocycles. The first-order valence-corrected chi connectivity index (χ1v) is 16.8. The molecule has 2 bridgehead atoms. The van der Waals surface area contributed by atoms with Crippen molar-refractivity contribution < 1.29 is 35.1 Å². The van der Waals surface area contributed by atoms with Gasteiger partial charge < -0.3 is 20.7 Å². The summed E-state index contributed by atoms with van der Waals surface area (Å²) in [5, 5.41) is 1.89. The standard InChI is InChI=1S/C29H34F5N7O3S/c1-15-7-22(35)38-24(23(15)29(32,33)34)21-8-20-19(13-45(21,42)43)26(40-11-17-3-4-18(12-40)36-17)39-27(37-20)44-14-28-5-2-6-41(28)10-16(9-28)25(30)31/h7,17-18,21,36H,2-6,8-14H2,1H3,(H2,35,38)/t17?,18?,21-,28+/m1/s1. The monoisotopic (exact) mass is 655 g/mol. The number of ether oxygens (including phenoxy) is 1. The van der Waals surface area contributed by atoms with Gasteiger partial charge in [0.05, 0.1) is 28.2 Å². The molecular formula is C29H34F5N7O3S. The van der Waals surface area contributed by atoms with Gasteiger partial charge in [-0.3, -0.25) is 4.90 Å². The number of hydrogen-bond acceptors (Lipinski definition) is 10. The number of piperazine rings is 1. The van der Waals surface area contributed by atoms with E-state index in [1.807, 2.05) is 9.80 Å². The van der Waals surface area contributed by atoms with Gasteiger partial charge in [0.15, 0.2) is 9.84 Å². The van der Waals surface area contributed by atoms with Gasteiger partial charge in [-0.15, -0.1) is 0 Å². The Balaban J connectivity index is 1.29. The van der Waals surface area contributed by atoms with Gasteiger partial charge in [-0.2, -0.15) is 31.9 Å². The molecule has 244 valence electrons. The molecular weight excluding hydrogens is 621 g/mol. The third kappa shape index (κ3) is 5.41. The smallest absolute Gasteiger partial charge is 0.418 e. The summed E-state index contributed by atoms with van der Waals surface area (Å²) in [7, 11) is -4.21. The maximum absolute atomic E-state index is 14.2. The summed E-state index contributed by atoms with van der Waals surface area (Å²) in [6.07, 6.45) is -3.35. The van der Waals surface area contributed by atoms with Crippen LogP contribution < -0.4 is 20.7 Å². The topological polar surface area (TPSA) is 127 Å². The highest BCUT2D eigenvalue weighted by molar-refractivity contribution is 7.91. The second-order valence-corrected chi connectivity index (χ2v) is 15.2. The molecule has 16 heteroatoms. The number of hydrogen-bond donors (Lipinski definition) is 2. The highest BCUT2D eigenvalue weighted by Gasteiger charge is 2.49. The lowest BCUT2D eigenvalue weighted by Gasteiger charge is -2.37. The molecule has 7 rings (SSSR count). The first-order valence-electron chi connectivity index (χ1n) is 15.1. The molecule has 2 unspecified atom stereocenters. The van der Waals surface area contributed by atoms with Crippen molar-refractivity contribution in [2.45, 2.75) is 80.3 Å². The Morgan fingerprint density at radius 2 is 1.91 bits per heavy atom. The fraction of sp³-hybridized carbons (Fsp3) is 0.621. The van der Waals surface area contributed by atoms with Crippen molar-refractivity contribution in [2.75, 3.05) is 43.4 Å². The molecule has 4 fully saturated rings. The van der Waals surface area contributed by atoms with Crippen LogP contribution in [0.5, 0.6) is 6.01 Å². The maximum Gasteiger partial charge on any atom is 0.418 e. The maximum atomic E-state index is 14.2. The summed E-state index contributed by atoms with van der Waals surface area (Å²) in [5.41, 5.74) is 3.88. The largest absolute Gasteiger partial charge is 0.461 e. The number of nitrogens with zero attached hydrogens (tertiary/aromatic N) is 5. The van der Waals surface area contributed by atoms with E-state index in [1.165, 1.54) is 6.92 Å². The molecule has 0 aliphatic carbocycles. The minimum absolute atomic E-state index is 0.0464. The first kappa shape index (κ1) is 30.5. The molecule has 2 aromatic rings. The van der Waals surface area contributed by atoms with Crippen LogP contribution in [0.15, 0.2) is 17.7 Å². The van der Waals surface area contributed by atoms with Gasteiger partial charge in [0.2, 0.25) is 0 Å². The highest BCUT2D eigenvalue weighted by Crippen LogP contribution is 2.46. The lowest BCUT2D eigenvalue weighted by atomic mass is 9.94.